The number of nitrogens with zero attached hydrogens (tertiary/aromatic N) is 2. The molecule has 0 aromatic heterocycles. The lowest BCUT2D eigenvalue weighted by molar-refractivity contribution is -0.184. The highest BCUT2D eigenvalue weighted by Gasteiger charge is 2.63. The van der Waals surface area contributed by atoms with Crippen LogP contribution in [0.5, 0.6) is 0 Å². The van der Waals surface area contributed by atoms with E-state index in [-0.39, 0.29) is 12.4 Å². The Morgan fingerprint density at radius 3 is 2.38 bits per heavy atom. The van der Waals surface area contributed by atoms with Crippen LogP contribution >= 0.6 is 0 Å². The molecule has 0 saturated carbocycles. The van der Waals surface area contributed by atoms with Crippen LogP contribution in [0.3, 0.4) is 0 Å². The Balaban J connectivity index is 2.26. The van der Waals surface area contributed by atoms with E-state index >= 15 is 8.78 Å². The summed E-state index contributed by atoms with van der Waals surface area (Å²) in [6, 6.07) is 0. The Bertz CT molecular complexity index is 578. The summed E-state index contributed by atoms with van der Waals surface area (Å²) in [6.07, 6.45) is -3.07. The number of alkyl halides is 2. The van der Waals surface area contributed by atoms with Gasteiger partial charge in [0.1, 0.15) is 18.0 Å². The number of halogens is 2. The molecule has 0 aromatic carbocycles. The first kappa shape index (κ1) is 21.4. The number of aliphatic hydroxyl groups is 1. The van der Waals surface area contributed by atoms with Crippen molar-refractivity contribution in [2.75, 3.05) is 6.61 Å². The van der Waals surface area contributed by atoms with E-state index in [2.05, 4.69) is 4.99 Å². The minimum Gasteiger partial charge on any atom is -0.415 e. The average molecular weight is 410 g/mol. The summed E-state index contributed by atoms with van der Waals surface area (Å²) in [7, 11) is -4.21. The maximum Gasteiger partial charge on any atom is 0.318 e. The number of aliphatic hydroxyl groups excluding tert-OH is 1. The van der Waals surface area contributed by atoms with Gasteiger partial charge >= 0.3 is 5.92 Å². The Hall–Kier alpha value is -0.856. The molecule has 2 unspecified atom stereocenters. The second kappa shape index (κ2) is 7.28. The number of hydrogen-bond acceptors (Lipinski definition) is 7. The Kier molecular flexibility index (Phi) is 6.01. The highest BCUT2D eigenvalue weighted by Crippen LogP contribution is 2.42. The van der Waals surface area contributed by atoms with E-state index in [0.29, 0.717) is 0 Å². The number of amidine groups is 1. The van der Waals surface area contributed by atoms with Gasteiger partial charge in [-0.05, 0) is 45.4 Å². The van der Waals surface area contributed by atoms with Gasteiger partial charge in [-0.1, -0.05) is 0 Å². The summed E-state index contributed by atoms with van der Waals surface area (Å²) in [5.74, 6) is -3.30. The maximum absolute atomic E-state index is 15.2. The summed E-state index contributed by atoms with van der Waals surface area (Å²) in [6.45, 7) is 11.5. The fraction of sp³-hybridized carbons (Fsp3) is 0.800. The van der Waals surface area contributed by atoms with Gasteiger partial charge in [-0.2, -0.15) is 8.78 Å². The van der Waals surface area contributed by atoms with Crippen LogP contribution in [0.2, 0.25) is 39.3 Å². The number of hydrogen-bond donors (Lipinski definition) is 2. The fourth-order valence-corrected chi connectivity index (χ4v) is 4.40. The van der Waals surface area contributed by atoms with Crippen molar-refractivity contribution >= 4 is 22.5 Å². The summed E-state index contributed by atoms with van der Waals surface area (Å²) < 4.78 is 47.6. The molecule has 0 amide bonds. The maximum atomic E-state index is 15.2. The predicted octanol–water partition coefficient (Wildman–Crippen LogP) is 1.88. The number of nitrogens with two attached hydrogens (primary N) is 1. The van der Waals surface area contributed by atoms with Gasteiger partial charge in [-0.25, -0.2) is 4.99 Å². The zero-order valence-electron chi connectivity index (χ0n) is 16.1. The lowest BCUT2D eigenvalue weighted by atomic mass is 10.1. The summed E-state index contributed by atoms with van der Waals surface area (Å²) in [5, 5.41) is 10.0. The summed E-state index contributed by atoms with van der Waals surface area (Å²) >= 11 is 0. The van der Waals surface area contributed by atoms with E-state index in [4.69, 9.17) is 19.3 Å². The molecular formula is C15H29F2N3O4Si2. The number of rotatable bonds is 6. The van der Waals surface area contributed by atoms with E-state index in [1.807, 2.05) is 39.3 Å². The van der Waals surface area contributed by atoms with Gasteiger partial charge in [0.15, 0.2) is 16.6 Å². The van der Waals surface area contributed by atoms with E-state index in [0.717, 1.165) is 4.90 Å². The third-order valence-electron chi connectivity index (χ3n) is 3.73. The van der Waals surface area contributed by atoms with Gasteiger partial charge in [0.2, 0.25) is 12.6 Å². The minimum atomic E-state index is -3.36. The molecule has 11 heteroatoms. The van der Waals surface area contributed by atoms with Crippen LogP contribution in [0, 0.1) is 0 Å². The first-order valence-electron chi connectivity index (χ1n) is 8.53. The monoisotopic (exact) mass is 409 g/mol. The molecule has 2 heterocycles. The summed E-state index contributed by atoms with van der Waals surface area (Å²) in [5.41, 5.74) is 5.50. The number of aliphatic imine (C=N–C) groups is 1. The van der Waals surface area contributed by atoms with Crippen molar-refractivity contribution in [3.63, 3.8) is 0 Å². The highest BCUT2D eigenvalue weighted by atomic mass is 28.4. The van der Waals surface area contributed by atoms with Gasteiger partial charge in [-0.15, -0.1) is 0 Å². The van der Waals surface area contributed by atoms with Gasteiger partial charge < -0.3 is 29.3 Å². The highest BCUT2D eigenvalue weighted by molar-refractivity contribution is 6.70. The van der Waals surface area contributed by atoms with Crippen LogP contribution in [0.4, 0.5) is 8.78 Å². The molecule has 1 fully saturated rings. The molecule has 2 aliphatic heterocycles. The minimum absolute atomic E-state index is 0.00994. The first-order chi connectivity index (χ1) is 11.7. The SMILES string of the molecule is C[Si](C)(C)OC[C@H]1O[C@@H](N2C=CC(N)=NC2O)C(F)(F)C1O[Si](C)(C)C. The fourth-order valence-electron chi connectivity index (χ4n) is 2.66. The quantitative estimate of drug-likeness (QED) is 0.651. The molecule has 0 bridgehead atoms. The van der Waals surface area contributed by atoms with Crippen molar-refractivity contribution in [2.45, 2.75) is 70.0 Å². The first-order valence-corrected chi connectivity index (χ1v) is 15.3. The average Bonchev–Trinajstić information content (AvgIpc) is 2.67. The molecular weight excluding hydrogens is 380 g/mol. The molecule has 2 aliphatic rings. The Morgan fingerprint density at radius 1 is 1.27 bits per heavy atom. The van der Waals surface area contributed by atoms with Crippen LogP contribution in [0.1, 0.15) is 0 Å². The van der Waals surface area contributed by atoms with E-state index < -0.39 is 47.3 Å². The van der Waals surface area contributed by atoms with Gasteiger partial charge in [-0.3, -0.25) is 0 Å². The second-order valence-electron chi connectivity index (χ2n) is 8.44. The van der Waals surface area contributed by atoms with Crippen molar-refractivity contribution in [1.29, 1.82) is 0 Å². The van der Waals surface area contributed by atoms with Crippen LogP contribution in [0.25, 0.3) is 0 Å². The van der Waals surface area contributed by atoms with Crippen LogP contribution in [0.15, 0.2) is 17.3 Å². The van der Waals surface area contributed by atoms with E-state index in [9.17, 15) is 5.11 Å². The van der Waals surface area contributed by atoms with Crippen molar-refractivity contribution in [1.82, 2.24) is 4.90 Å². The van der Waals surface area contributed by atoms with Crippen LogP contribution in [-0.2, 0) is 13.6 Å². The largest absolute Gasteiger partial charge is 0.415 e. The molecule has 7 nitrogen and oxygen atoms in total. The smallest absolute Gasteiger partial charge is 0.318 e. The molecule has 150 valence electrons. The zero-order chi connectivity index (χ0) is 19.9. The Morgan fingerprint density at radius 2 is 1.88 bits per heavy atom. The molecule has 3 N–H and O–H groups in total. The second-order valence-corrected chi connectivity index (χ2v) is 17.4. The standard InChI is InChI=1S/C15H29F2N3O4Si2/c1-25(2,3)22-9-10-12(24-26(4,5)6)15(16,17)13(23-10)20-8-7-11(18)19-14(20)21/h7-8,10,12-14,21H,9H2,1-6H3,(H2,18,19)/t10-,12?,13-,14?/m1/s1. The van der Waals surface area contributed by atoms with Gasteiger partial charge in [0.05, 0.1) is 6.61 Å². The van der Waals surface area contributed by atoms with Crippen LogP contribution < -0.4 is 5.73 Å². The molecule has 0 aliphatic carbocycles. The topological polar surface area (TPSA) is 89.5 Å². The lowest BCUT2D eigenvalue weighted by Gasteiger charge is -2.35. The third kappa shape index (κ3) is 5.11. The number of ether oxygens (including phenoxy) is 1. The lowest BCUT2D eigenvalue weighted by Crippen LogP contribution is -2.54. The predicted molar refractivity (Wildman–Crippen MR) is 99.7 cm³/mol. The van der Waals surface area contributed by atoms with E-state index in [1.165, 1.54) is 12.3 Å². The van der Waals surface area contributed by atoms with Crippen molar-refractivity contribution in [3.8, 4) is 0 Å². The summed E-state index contributed by atoms with van der Waals surface area (Å²) in [4.78, 5) is 4.65. The molecule has 0 spiro atoms. The van der Waals surface area contributed by atoms with Crippen molar-refractivity contribution < 1.29 is 27.5 Å². The zero-order valence-corrected chi connectivity index (χ0v) is 18.1. The molecule has 0 radical (unpaired) electrons. The van der Waals surface area contributed by atoms with E-state index in [1.54, 1.807) is 0 Å². The molecule has 0 aromatic rings. The molecule has 1 saturated heterocycles. The molecule has 4 atom stereocenters. The van der Waals surface area contributed by atoms with Crippen LogP contribution in [-0.4, -0.2) is 69.8 Å². The van der Waals surface area contributed by atoms with Gasteiger partial charge in [0.25, 0.3) is 0 Å². The molecule has 2 rings (SSSR count). The van der Waals surface area contributed by atoms with Crippen molar-refractivity contribution in [3.05, 3.63) is 12.3 Å². The van der Waals surface area contributed by atoms with Gasteiger partial charge in [0, 0.05) is 6.20 Å². The van der Waals surface area contributed by atoms with Crippen molar-refractivity contribution in [2.24, 2.45) is 10.7 Å². The third-order valence-corrected chi connectivity index (χ3v) is 5.72. The normalized spacial score (nSPS) is 32.0. The Labute approximate surface area is 155 Å². The molecule has 26 heavy (non-hydrogen) atoms.